The smallest absolute Gasteiger partial charge is 0.315 e. The fraction of sp³-hybridized carbons (Fsp3) is 0.143. The van der Waals surface area contributed by atoms with E-state index in [4.69, 9.17) is 0 Å². The number of benzene rings is 2. The van der Waals surface area contributed by atoms with E-state index in [-0.39, 0.29) is 5.69 Å². The molecule has 0 spiro atoms. The second-order valence-corrected chi connectivity index (χ2v) is 5.06. The first-order valence-electron chi connectivity index (χ1n) is 6.02. The summed E-state index contributed by atoms with van der Waals surface area (Å²) in [6.07, 6.45) is 0. The molecule has 104 valence electrons. The fourth-order valence-electron chi connectivity index (χ4n) is 1.93. The van der Waals surface area contributed by atoms with Gasteiger partial charge in [0.15, 0.2) is 0 Å². The van der Waals surface area contributed by atoms with E-state index in [1.54, 1.807) is 25.2 Å². The number of para-hydroxylation sites is 1. The van der Waals surface area contributed by atoms with E-state index in [0.717, 1.165) is 15.7 Å². The van der Waals surface area contributed by atoms with Crippen LogP contribution in [0.5, 0.6) is 0 Å². The summed E-state index contributed by atoms with van der Waals surface area (Å²) in [7, 11) is 1.66. The summed E-state index contributed by atoms with van der Waals surface area (Å²) >= 11 is 3.49. The maximum absolute atomic E-state index is 11.3. The van der Waals surface area contributed by atoms with Crippen molar-refractivity contribution in [2.75, 3.05) is 17.7 Å². The number of rotatable bonds is 4. The van der Waals surface area contributed by atoms with Crippen molar-refractivity contribution in [2.45, 2.75) is 6.92 Å². The molecule has 2 aromatic carbocycles. The van der Waals surface area contributed by atoms with Crippen LogP contribution in [-0.2, 0) is 0 Å². The maximum atomic E-state index is 11.3. The Morgan fingerprint density at radius 3 is 2.35 bits per heavy atom. The van der Waals surface area contributed by atoms with Gasteiger partial charge in [0.25, 0.3) is 0 Å². The van der Waals surface area contributed by atoms with Crippen LogP contribution in [0, 0.1) is 17.0 Å². The second kappa shape index (κ2) is 5.92. The molecule has 0 atom stereocenters. The highest BCUT2D eigenvalue weighted by Gasteiger charge is 2.19. The maximum Gasteiger partial charge on any atom is 0.315 e. The van der Waals surface area contributed by atoms with Crippen LogP contribution < -0.4 is 10.6 Å². The van der Waals surface area contributed by atoms with Crippen molar-refractivity contribution in [3.8, 4) is 0 Å². The quantitative estimate of drug-likeness (QED) is 0.639. The van der Waals surface area contributed by atoms with Crippen molar-refractivity contribution in [3.05, 3.63) is 56.5 Å². The first-order valence-corrected chi connectivity index (χ1v) is 6.81. The monoisotopic (exact) mass is 335 g/mol. The van der Waals surface area contributed by atoms with Crippen LogP contribution in [0.4, 0.5) is 22.7 Å². The Morgan fingerprint density at radius 2 is 1.70 bits per heavy atom. The highest BCUT2D eigenvalue weighted by Crippen LogP contribution is 2.36. The van der Waals surface area contributed by atoms with Crippen LogP contribution in [0.25, 0.3) is 0 Å². The highest BCUT2D eigenvalue weighted by molar-refractivity contribution is 9.10. The number of hydrogen-bond acceptors (Lipinski definition) is 4. The number of nitrogens with zero attached hydrogens (tertiary/aromatic N) is 1. The van der Waals surface area contributed by atoms with Gasteiger partial charge in [-0.2, -0.15) is 0 Å². The van der Waals surface area contributed by atoms with Crippen molar-refractivity contribution >= 4 is 38.7 Å². The molecular formula is C14H14BrN3O2. The summed E-state index contributed by atoms with van der Waals surface area (Å²) in [6.45, 7) is 1.97. The number of nitro benzene ring substituents is 1. The molecule has 0 fully saturated rings. The van der Waals surface area contributed by atoms with E-state index in [0.29, 0.717) is 11.4 Å². The van der Waals surface area contributed by atoms with Gasteiger partial charge < -0.3 is 10.6 Å². The largest absolute Gasteiger partial charge is 0.382 e. The first kappa shape index (κ1) is 14.3. The first-order chi connectivity index (χ1) is 9.54. The third-order valence-electron chi connectivity index (χ3n) is 2.95. The molecule has 0 aromatic heterocycles. The Bertz CT molecular complexity index is 659. The van der Waals surface area contributed by atoms with Crippen molar-refractivity contribution in [3.63, 3.8) is 0 Å². The summed E-state index contributed by atoms with van der Waals surface area (Å²) in [5, 5.41) is 17.2. The lowest BCUT2D eigenvalue weighted by atomic mass is 10.2. The van der Waals surface area contributed by atoms with Crippen molar-refractivity contribution < 1.29 is 4.92 Å². The second-order valence-electron chi connectivity index (χ2n) is 4.27. The molecule has 0 saturated heterocycles. The average molecular weight is 336 g/mol. The SMILES string of the molecule is CNc1cccc(Nc2cccc(C)c2Br)c1[N+](=O)[O-]. The third kappa shape index (κ3) is 2.75. The van der Waals surface area contributed by atoms with Gasteiger partial charge in [-0.15, -0.1) is 0 Å². The molecule has 0 bridgehead atoms. The number of anilines is 3. The van der Waals surface area contributed by atoms with E-state index in [1.807, 2.05) is 25.1 Å². The Labute approximate surface area is 125 Å². The van der Waals surface area contributed by atoms with Crippen molar-refractivity contribution in [1.82, 2.24) is 0 Å². The number of aryl methyl sites for hydroxylation is 1. The zero-order valence-corrected chi connectivity index (χ0v) is 12.7. The van der Waals surface area contributed by atoms with Gasteiger partial charge in [0.1, 0.15) is 11.4 Å². The number of halogens is 1. The molecule has 0 aliphatic carbocycles. The molecule has 0 amide bonds. The zero-order chi connectivity index (χ0) is 14.7. The summed E-state index contributed by atoms with van der Waals surface area (Å²) in [5.74, 6) is 0. The Morgan fingerprint density at radius 1 is 1.10 bits per heavy atom. The van der Waals surface area contributed by atoms with E-state index < -0.39 is 4.92 Å². The molecule has 2 aromatic rings. The summed E-state index contributed by atoms with van der Waals surface area (Å²) in [5.41, 5.74) is 2.81. The summed E-state index contributed by atoms with van der Waals surface area (Å²) in [4.78, 5) is 10.9. The predicted molar refractivity (Wildman–Crippen MR) is 84.8 cm³/mol. The van der Waals surface area contributed by atoms with Crippen LogP contribution in [0.2, 0.25) is 0 Å². The van der Waals surface area contributed by atoms with Crippen LogP contribution in [0.15, 0.2) is 40.9 Å². The van der Waals surface area contributed by atoms with Crippen molar-refractivity contribution in [1.29, 1.82) is 0 Å². The predicted octanol–water partition coefficient (Wildman–Crippen LogP) is 4.45. The molecule has 20 heavy (non-hydrogen) atoms. The lowest BCUT2D eigenvalue weighted by Crippen LogP contribution is -2.01. The standard InChI is InChI=1S/C14H14BrN3O2/c1-9-5-3-6-10(13(9)15)17-12-8-4-7-11(16-2)14(12)18(19)20/h3-8,16-17H,1-2H3. The fourth-order valence-corrected chi connectivity index (χ4v) is 2.30. The summed E-state index contributed by atoms with van der Waals surface area (Å²) < 4.78 is 0.893. The Kier molecular flexibility index (Phi) is 4.24. The number of hydrogen-bond donors (Lipinski definition) is 2. The van der Waals surface area contributed by atoms with Crippen LogP contribution in [0.1, 0.15) is 5.56 Å². The van der Waals surface area contributed by atoms with E-state index in [1.165, 1.54) is 0 Å². The molecule has 2 N–H and O–H groups in total. The highest BCUT2D eigenvalue weighted by atomic mass is 79.9. The lowest BCUT2D eigenvalue weighted by Gasteiger charge is -2.12. The molecule has 5 nitrogen and oxygen atoms in total. The van der Waals surface area contributed by atoms with Gasteiger partial charge in [-0.3, -0.25) is 10.1 Å². The average Bonchev–Trinajstić information content (AvgIpc) is 2.43. The summed E-state index contributed by atoms with van der Waals surface area (Å²) in [6, 6.07) is 10.9. The topological polar surface area (TPSA) is 67.2 Å². The van der Waals surface area contributed by atoms with Crippen LogP contribution >= 0.6 is 15.9 Å². The third-order valence-corrected chi connectivity index (χ3v) is 4.00. The molecular weight excluding hydrogens is 322 g/mol. The minimum Gasteiger partial charge on any atom is -0.382 e. The van der Waals surface area contributed by atoms with Gasteiger partial charge in [0.05, 0.1) is 10.6 Å². The molecule has 6 heteroatoms. The van der Waals surface area contributed by atoms with Crippen LogP contribution in [0.3, 0.4) is 0 Å². The van der Waals surface area contributed by atoms with Gasteiger partial charge in [0, 0.05) is 11.5 Å². The molecule has 0 unspecified atom stereocenters. The molecule has 0 heterocycles. The van der Waals surface area contributed by atoms with Gasteiger partial charge in [0.2, 0.25) is 0 Å². The van der Waals surface area contributed by atoms with Gasteiger partial charge >= 0.3 is 5.69 Å². The van der Waals surface area contributed by atoms with E-state index in [2.05, 4.69) is 26.6 Å². The molecule has 0 aliphatic rings. The molecule has 0 radical (unpaired) electrons. The van der Waals surface area contributed by atoms with Crippen molar-refractivity contribution in [2.24, 2.45) is 0 Å². The minimum atomic E-state index is -0.391. The number of nitrogens with one attached hydrogen (secondary N) is 2. The van der Waals surface area contributed by atoms with Gasteiger partial charge in [-0.25, -0.2) is 0 Å². The van der Waals surface area contributed by atoms with Gasteiger partial charge in [-0.1, -0.05) is 18.2 Å². The zero-order valence-electron chi connectivity index (χ0n) is 11.1. The minimum absolute atomic E-state index is 0.0309. The number of nitro groups is 1. The molecule has 2 rings (SSSR count). The van der Waals surface area contributed by atoms with Gasteiger partial charge in [-0.05, 0) is 46.6 Å². The molecule has 0 saturated carbocycles. The Balaban J connectivity index is 2.48. The lowest BCUT2D eigenvalue weighted by molar-refractivity contribution is -0.383. The molecule has 0 aliphatic heterocycles. The van der Waals surface area contributed by atoms with E-state index in [9.17, 15) is 10.1 Å². The normalized spacial score (nSPS) is 10.2. The van der Waals surface area contributed by atoms with Crippen LogP contribution in [-0.4, -0.2) is 12.0 Å². The van der Waals surface area contributed by atoms with E-state index >= 15 is 0 Å². The Hall–Kier alpha value is -2.08.